The van der Waals surface area contributed by atoms with Crippen molar-refractivity contribution in [3.05, 3.63) is 29.6 Å². The van der Waals surface area contributed by atoms with Crippen molar-refractivity contribution in [1.82, 2.24) is 0 Å². The van der Waals surface area contributed by atoms with Crippen molar-refractivity contribution >= 4 is 0 Å². The minimum Gasteiger partial charge on any atom is -0.494 e. The van der Waals surface area contributed by atoms with Crippen molar-refractivity contribution < 1.29 is 9.13 Å². The topological polar surface area (TPSA) is 35.2 Å². The Morgan fingerprint density at radius 1 is 1.35 bits per heavy atom. The highest BCUT2D eigenvalue weighted by Crippen LogP contribution is 2.23. The number of hydrogen-bond donors (Lipinski definition) is 1. The maximum Gasteiger partial charge on any atom is 0.165 e. The average Bonchev–Trinajstić information content (AvgIpc) is 2.28. The third-order valence-electron chi connectivity index (χ3n) is 3.19. The van der Waals surface area contributed by atoms with Gasteiger partial charge in [-0.2, -0.15) is 0 Å². The van der Waals surface area contributed by atoms with Crippen LogP contribution in [0, 0.1) is 17.7 Å². The van der Waals surface area contributed by atoms with Crippen LogP contribution in [0.3, 0.4) is 0 Å². The smallest absolute Gasteiger partial charge is 0.165 e. The van der Waals surface area contributed by atoms with E-state index < -0.39 is 0 Å². The highest BCUT2D eigenvalue weighted by atomic mass is 19.1. The van der Waals surface area contributed by atoms with Crippen molar-refractivity contribution in [1.29, 1.82) is 0 Å². The Bertz CT molecular complexity index is 352. The van der Waals surface area contributed by atoms with Crippen LogP contribution in [-0.2, 0) is 6.42 Å². The van der Waals surface area contributed by atoms with Gasteiger partial charge in [0, 0.05) is 0 Å². The van der Waals surface area contributed by atoms with Crippen molar-refractivity contribution in [2.24, 2.45) is 17.6 Å². The lowest BCUT2D eigenvalue weighted by molar-refractivity contribution is 0.360. The summed E-state index contributed by atoms with van der Waals surface area (Å²) in [5, 5.41) is 0. The largest absolute Gasteiger partial charge is 0.494 e. The fraction of sp³-hybridized carbons (Fsp3) is 0.571. The fourth-order valence-corrected chi connectivity index (χ4v) is 2.02. The third-order valence-corrected chi connectivity index (χ3v) is 3.19. The number of halogens is 1. The predicted molar refractivity (Wildman–Crippen MR) is 68.7 cm³/mol. The Balaban J connectivity index is 2.76. The second-order valence-electron chi connectivity index (χ2n) is 4.75. The summed E-state index contributed by atoms with van der Waals surface area (Å²) in [4.78, 5) is 0. The predicted octanol–water partition coefficient (Wildman–Crippen LogP) is 3.00. The van der Waals surface area contributed by atoms with Gasteiger partial charge in [0.05, 0.1) is 7.11 Å². The van der Waals surface area contributed by atoms with Crippen LogP contribution in [0.5, 0.6) is 5.75 Å². The zero-order valence-corrected chi connectivity index (χ0v) is 10.9. The van der Waals surface area contributed by atoms with Crippen LogP contribution in [0.15, 0.2) is 18.2 Å². The highest BCUT2D eigenvalue weighted by Gasteiger charge is 2.14. The summed E-state index contributed by atoms with van der Waals surface area (Å²) in [5.74, 6) is 1.07. The lowest BCUT2D eigenvalue weighted by atomic mass is 9.86. The fourth-order valence-electron chi connectivity index (χ4n) is 2.02. The Hall–Kier alpha value is -1.09. The van der Waals surface area contributed by atoms with Crippen LogP contribution in [0.1, 0.15) is 25.8 Å². The van der Waals surface area contributed by atoms with E-state index in [4.69, 9.17) is 10.5 Å². The lowest BCUT2D eigenvalue weighted by Crippen LogP contribution is -2.16. The Kier molecular flexibility index (Phi) is 5.42. The molecule has 1 unspecified atom stereocenters. The van der Waals surface area contributed by atoms with E-state index in [1.165, 1.54) is 7.11 Å². The normalized spacial score (nSPS) is 12.8. The van der Waals surface area contributed by atoms with Crippen LogP contribution in [0.4, 0.5) is 4.39 Å². The highest BCUT2D eigenvalue weighted by molar-refractivity contribution is 5.29. The number of benzene rings is 1. The van der Waals surface area contributed by atoms with Crippen LogP contribution in [0.25, 0.3) is 0 Å². The molecule has 0 saturated heterocycles. The Morgan fingerprint density at radius 3 is 2.53 bits per heavy atom. The molecule has 0 heterocycles. The monoisotopic (exact) mass is 239 g/mol. The van der Waals surface area contributed by atoms with Crippen molar-refractivity contribution in [3.8, 4) is 5.75 Å². The first-order valence-electron chi connectivity index (χ1n) is 6.11. The van der Waals surface area contributed by atoms with Gasteiger partial charge in [0.25, 0.3) is 0 Å². The molecule has 1 aromatic carbocycles. The summed E-state index contributed by atoms with van der Waals surface area (Å²) in [7, 11) is 1.48. The molecule has 0 aliphatic carbocycles. The van der Waals surface area contributed by atoms with E-state index in [1.54, 1.807) is 12.1 Å². The van der Waals surface area contributed by atoms with E-state index in [1.807, 2.05) is 6.07 Å². The molecular weight excluding hydrogens is 217 g/mol. The number of nitrogens with two attached hydrogens (primary N) is 1. The van der Waals surface area contributed by atoms with E-state index in [0.717, 1.165) is 18.4 Å². The van der Waals surface area contributed by atoms with E-state index in [9.17, 15) is 4.39 Å². The molecule has 1 atom stereocenters. The molecule has 0 radical (unpaired) electrons. The van der Waals surface area contributed by atoms with Crippen molar-refractivity contribution in [2.45, 2.75) is 26.7 Å². The number of ether oxygens (including phenoxy) is 1. The molecule has 0 fully saturated rings. The molecule has 0 aliphatic heterocycles. The van der Waals surface area contributed by atoms with E-state index in [-0.39, 0.29) is 5.82 Å². The zero-order valence-electron chi connectivity index (χ0n) is 10.9. The minimum atomic E-state index is -0.291. The number of rotatable bonds is 6. The van der Waals surface area contributed by atoms with Crippen molar-refractivity contribution in [2.75, 3.05) is 13.7 Å². The summed E-state index contributed by atoms with van der Waals surface area (Å²) in [6.45, 7) is 5.04. The standard InChI is InChI=1S/C14H22FNO/c1-10(2)12(6-7-16)8-11-4-5-14(17-3)13(15)9-11/h4-5,9-10,12H,6-8,16H2,1-3H3. The Morgan fingerprint density at radius 2 is 2.06 bits per heavy atom. The molecule has 2 N–H and O–H groups in total. The molecule has 17 heavy (non-hydrogen) atoms. The van der Waals surface area contributed by atoms with Crippen molar-refractivity contribution in [3.63, 3.8) is 0 Å². The van der Waals surface area contributed by atoms with Crippen LogP contribution in [-0.4, -0.2) is 13.7 Å². The molecule has 2 nitrogen and oxygen atoms in total. The van der Waals surface area contributed by atoms with E-state index in [0.29, 0.717) is 24.1 Å². The van der Waals surface area contributed by atoms with E-state index in [2.05, 4.69) is 13.8 Å². The summed E-state index contributed by atoms with van der Waals surface area (Å²) < 4.78 is 18.4. The summed E-state index contributed by atoms with van der Waals surface area (Å²) >= 11 is 0. The molecule has 1 aromatic rings. The van der Waals surface area contributed by atoms with Gasteiger partial charge in [-0.15, -0.1) is 0 Å². The van der Waals surface area contributed by atoms with Gasteiger partial charge in [0.15, 0.2) is 11.6 Å². The van der Waals surface area contributed by atoms with Gasteiger partial charge in [0.2, 0.25) is 0 Å². The maximum atomic E-state index is 13.5. The Labute approximate surface area is 103 Å². The molecule has 0 aromatic heterocycles. The van der Waals surface area contributed by atoms with Gasteiger partial charge >= 0.3 is 0 Å². The second-order valence-corrected chi connectivity index (χ2v) is 4.75. The van der Waals surface area contributed by atoms with Gasteiger partial charge in [0.1, 0.15) is 0 Å². The number of methoxy groups -OCH3 is 1. The van der Waals surface area contributed by atoms with Gasteiger partial charge in [-0.3, -0.25) is 0 Å². The maximum absolute atomic E-state index is 13.5. The first-order valence-corrected chi connectivity index (χ1v) is 6.11. The van der Waals surface area contributed by atoms with Gasteiger partial charge in [-0.05, 0) is 48.9 Å². The van der Waals surface area contributed by atoms with Crippen LogP contribution >= 0.6 is 0 Å². The van der Waals surface area contributed by atoms with Crippen LogP contribution < -0.4 is 10.5 Å². The molecule has 0 bridgehead atoms. The molecule has 1 rings (SSSR count). The summed E-state index contributed by atoms with van der Waals surface area (Å²) in [6, 6.07) is 5.17. The first-order chi connectivity index (χ1) is 8.08. The van der Waals surface area contributed by atoms with Gasteiger partial charge in [-0.1, -0.05) is 19.9 Å². The summed E-state index contributed by atoms with van der Waals surface area (Å²) in [5.41, 5.74) is 6.61. The molecule has 0 saturated carbocycles. The van der Waals surface area contributed by atoms with Gasteiger partial charge < -0.3 is 10.5 Å². The molecule has 0 aliphatic rings. The molecule has 3 heteroatoms. The minimum absolute atomic E-state index is 0.291. The molecule has 0 spiro atoms. The first kappa shape index (κ1) is 14.0. The quantitative estimate of drug-likeness (QED) is 0.828. The number of hydrogen-bond acceptors (Lipinski definition) is 2. The van der Waals surface area contributed by atoms with Gasteiger partial charge in [-0.25, -0.2) is 4.39 Å². The molecule has 0 amide bonds. The third kappa shape index (κ3) is 4.00. The average molecular weight is 239 g/mol. The molecule has 96 valence electrons. The second kappa shape index (κ2) is 6.60. The van der Waals surface area contributed by atoms with Crippen LogP contribution in [0.2, 0.25) is 0 Å². The lowest BCUT2D eigenvalue weighted by Gasteiger charge is -2.20. The SMILES string of the molecule is COc1ccc(CC(CCN)C(C)C)cc1F. The zero-order chi connectivity index (χ0) is 12.8. The van der Waals surface area contributed by atoms with E-state index >= 15 is 0 Å². The summed E-state index contributed by atoms with van der Waals surface area (Å²) in [6.07, 6.45) is 1.85. The molecular formula is C14H22FNO.